The fraction of sp³-hybridized carbons (Fsp3) is 0.609. The molecule has 1 aliphatic heterocycles. The molecule has 1 atom stereocenters. The molecule has 1 saturated heterocycles. The number of allylic oxidation sites excluding steroid dienone is 1. The monoisotopic (exact) mass is 418 g/mol. The minimum atomic E-state index is -3.31. The van der Waals surface area contributed by atoms with Crippen LogP contribution in [0.15, 0.2) is 42.0 Å². The van der Waals surface area contributed by atoms with Crippen LogP contribution in [0.4, 0.5) is 0 Å². The molecule has 0 spiro atoms. The van der Waals surface area contributed by atoms with Gasteiger partial charge >= 0.3 is 0 Å². The number of nitrogens with one attached hydrogen (secondary N) is 1. The number of amides is 1. The summed E-state index contributed by atoms with van der Waals surface area (Å²) in [6.07, 6.45) is 10.9. The quantitative estimate of drug-likeness (QED) is 0.622. The highest BCUT2D eigenvalue weighted by Crippen LogP contribution is 2.22. The second-order valence-electron chi connectivity index (χ2n) is 8.25. The molecule has 29 heavy (non-hydrogen) atoms. The predicted molar refractivity (Wildman–Crippen MR) is 117 cm³/mol. The lowest BCUT2D eigenvalue weighted by Gasteiger charge is -2.31. The third kappa shape index (κ3) is 6.96. The van der Waals surface area contributed by atoms with Crippen molar-refractivity contribution in [3.8, 4) is 0 Å². The Balaban J connectivity index is 1.43. The number of carbonyl (C=O) groups is 1. The summed E-state index contributed by atoms with van der Waals surface area (Å²) >= 11 is 0. The molecular weight excluding hydrogens is 384 g/mol. The van der Waals surface area contributed by atoms with Crippen molar-refractivity contribution in [2.75, 3.05) is 25.4 Å². The van der Waals surface area contributed by atoms with Gasteiger partial charge in [-0.25, -0.2) is 12.7 Å². The van der Waals surface area contributed by atoms with Gasteiger partial charge in [0.15, 0.2) is 0 Å². The summed E-state index contributed by atoms with van der Waals surface area (Å²) in [4.78, 5) is 12.6. The largest absolute Gasteiger partial charge is 0.356 e. The minimum absolute atomic E-state index is 0.00518. The van der Waals surface area contributed by atoms with Crippen LogP contribution in [-0.4, -0.2) is 44.0 Å². The normalized spacial score (nSPS) is 20.8. The van der Waals surface area contributed by atoms with Crippen LogP contribution in [-0.2, 0) is 21.2 Å². The van der Waals surface area contributed by atoms with E-state index in [1.165, 1.54) is 22.7 Å². The molecule has 1 unspecified atom stereocenters. The van der Waals surface area contributed by atoms with Crippen LogP contribution in [0, 0.1) is 5.92 Å². The van der Waals surface area contributed by atoms with Crippen LogP contribution in [0.2, 0.25) is 0 Å². The molecule has 0 aromatic heterocycles. The van der Waals surface area contributed by atoms with Crippen LogP contribution in [0.5, 0.6) is 0 Å². The Hall–Kier alpha value is -1.66. The van der Waals surface area contributed by atoms with E-state index in [1.807, 2.05) is 30.3 Å². The summed E-state index contributed by atoms with van der Waals surface area (Å²) < 4.78 is 27.0. The topological polar surface area (TPSA) is 66.5 Å². The zero-order valence-corrected chi connectivity index (χ0v) is 18.1. The SMILES string of the molecule is O=C(NCCC1=CCCCC1)C1CCCN(S(=O)(=O)CCCc2ccccc2)C1. The first-order valence-electron chi connectivity index (χ1n) is 11.0. The average Bonchev–Trinajstić information content (AvgIpc) is 2.75. The third-order valence-electron chi connectivity index (χ3n) is 5.99. The second-order valence-corrected chi connectivity index (χ2v) is 10.3. The van der Waals surface area contributed by atoms with Crippen molar-refractivity contribution in [1.82, 2.24) is 9.62 Å². The van der Waals surface area contributed by atoms with Crippen LogP contribution in [0.1, 0.15) is 56.9 Å². The summed E-state index contributed by atoms with van der Waals surface area (Å²) in [5.41, 5.74) is 2.61. The lowest BCUT2D eigenvalue weighted by molar-refractivity contribution is -0.126. The van der Waals surface area contributed by atoms with Gasteiger partial charge in [-0.05, 0) is 63.4 Å². The number of aryl methyl sites for hydroxylation is 1. The first-order valence-corrected chi connectivity index (χ1v) is 12.6. The highest BCUT2D eigenvalue weighted by molar-refractivity contribution is 7.89. The van der Waals surface area contributed by atoms with Crippen LogP contribution >= 0.6 is 0 Å². The van der Waals surface area contributed by atoms with Gasteiger partial charge in [0.25, 0.3) is 0 Å². The molecule has 1 heterocycles. The van der Waals surface area contributed by atoms with Crippen LogP contribution in [0.3, 0.4) is 0 Å². The summed E-state index contributed by atoms with van der Waals surface area (Å²) in [5.74, 6) is -0.0803. The Labute approximate surface area is 175 Å². The third-order valence-corrected chi connectivity index (χ3v) is 7.91. The van der Waals surface area contributed by atoms with Crippen LogP contribution < -0.4 is 5.32 Å². The van der Waals surface area contributed by atoms with Gasteiger partial charge in [-0.3, -0.25) is 4.79 Å². The van der Waals surface area contributed by atoms with Crippen molar-refractivity contribution in [2.24, 2.45) is 5.92 Å². The van der Waals surface area contributed by atoms with Crippen LogP contribution in [0.25, 0.3) is 0 Å². The zero-order valence-electron chi connectivity index (χ0n) is 17.3. The number of hydrogen-bond acceptors (Lipinski definition) is 3. The Morgan fingerprint density at radius 2 is 1.93 bits per heavy atom. The second kappa shape index (κ2) is 10.9. The molecule has 1 N–H and O–H groups in total. The molecule has 3 rings (SSSR count). The highest BCUT2D eigenvalue weighted by atomic mass is 32.2. The molecule has 1 aromatic carbocycles. The highest BCUT2D eigenvalue weighted by Gasteiger charge is 2.31. The molecule has 0 saturated carbocycles. The van der Waals surface area contributed by atoms with E-state index in [0.29, 0.717) is 26.1 Å². The number of hydrogen-bond donors (Lipinski definition) is 1. The molecule has 160 valence electrons. The maximum Gasteiger partial charge on any atom is 0.224 e. The lowest BCUT2D eigenvalue weighted by atomic mass is 9.96. The van der Waals surface area contributed by atoms with E-state index >= 15 is 0 Å². The van der Waals surface area contributed by atoms with Gasteiger partial charge in [0.05, 0.1) is 11.7 Å². The molecule has 6 heteroatoms. The summed E-state index contributed by atoms with van der Waals surface area (Å²) in [6, 6.07) is 9.96. The molecule has 1 aromatic rings. The fourth-order valence-electron chi connectivity index (χ4n) is 4.26. The van der Waals surface area contributed by atoms with Gasteiger partial charge in [-0.15, -0.1) is 0 Å². The number of nitrogens with zero attached hydrogens (tertiary/aromatic N) is 1. The molecule has 5 nitrogen and oxygen atoms in total. The van der Waals surface area contributed by atoms with Gasteiger partial charge < -0.3 is 5.32 Å². The van der Waals surface area contributed by atoms with Gasteiger partial charge in [-0.2, -0.15) is 0 Å². The van der Waals surface area contributed by atoms with E-state index in [0.717, 1.165) is 44.1 Å². The molecule has 2 aliphatic rings. The van der Waals surface area contributed by atoms with E-state index in [9.17, 15) is 13.2 Å². The van der Waals surface area contributed by atoms with Crippen molar-refractivity contribution < 1.29 is 13.2 Å². The molecule has 0 radical (unpaired) electrons. The first-order chi connectivity index (χ1) is 14.0. The zero-order chi connectivity index (χ0) is 20.5. The molecule has 1 aliphatic carbocycles. The number of carbonyl (C=O) groups excluding carboxylic acids is 1. The molecule has 0 bridgehead atoms. The number of benzene rings is 1. The number of piperidine rings is 1. The smallest absolute Gasteiger partial charge is 0.224 e. The Bertz CT molecular complexity index is 790. The Morgan fingerprint density at radius 3 is 2.69 bits per heavy atom. The van der Waals surface area contributed by atoms with Gasteiger partial charge in [0, 0.05) is 19.6 Å². The van der Waals surface area contributed by atoms with Crippen molar-refractivity contribution in [1.29, 1.82) is 0 Å². The fourth-order valence-corrected chi connectivity index (χ4v) is 5.85. The maximum absolute atomic E-state index is 12.8. The standard InChI is InChI=1S/C23H34N2O3S/c26-23(24-16-15-21-11-5-2-6-12-21)22-14-7-17-25(19-22)29(27,28)18-8-13-20-9-3-1-4-10-20/h1,3-4,9-11,22H,2,5-8,12-19H2,(H,24,26). The Kier molecular flexibility index (Phi) is 8.30. The number of sulfonamides is 1. The molecule has 1 amide bonds. The predicted octanol–water partition coefficient (Wildman–Crippen LogP) is 3.67. The Morgan fingerprint density at radius 1 is 1.10 bits per heavy atom. The number of rotatable bonds is 9. The lowest BCUT2D eigenvalue weighted by Crippen LogP contribution is -2.46. The van der Waals surface area contributed by atoms with Gasteiger partial charge in [0.1, 0.15) is 0 Å². The first kappa shape index (κ1) is 22.0. The summed E-state index contributed by atoms with van der Waals surface area (Å²) in [5, 5.41) is 3.04. The van der Waals surface area contributed by atoms with E-state index in [2.05, 4.69) is 11.4 Å². The van der Waals surface area contributed by atoms with E-state index in [1.54, 1.807) is 0 Å². The molecule has 1 fully saturated rings. The van der Waals surface area contributed by atoms with E-state index in [4.69, 9.17) is 0 Å². The van der Waals surface area contributed by atoms with Crippen molar-refractivity contribution in [3.63, 3.8) is 0 Å². The van der Waals surface area contributed by atoms with E-state index in [-0.39, 0.29) is 17.6 Å². The summed E-state index contributed by atoms with van der Waals surface area (Å²) in [6.45, 7) is 1.51. The minimum Gasteiger partial charge on any atom is -0.356 e. The van der Waals surface area contributed by atoms with Gasteiger partial charge in [0.2, 0.25) is 15.9 Å². The van der Waals surface area contributed by atoms with Crippen molar-refractivity contribution >= 4 is 15.9 Å². The molecular formula is C23H34N2O3S. The van der Waals surface area contributed by atoms with Crippen molar-refractivity contribution in [2.45, 2.75) is 57.8 Å². The summed E-state index contributed by atoms with van der Waals surface area (Å²) in [7, 11) is -3.31. The van der Waals surface area contributed by atoms with Gasteiger partial charge in [-0.1, -0.05) is 42.0 Å². The van der Waals surface area contributed by atoms with E-state index < -0.39 is 10.0 Å². The average molecular weight is 419 g/mol. The maximum atomic E-state index is 12.8. The van der Waals surface area contributed by atoms with Crippen molar-refractivity contribution in [3.05, 3.63) is 47.5 Å².